The zero-order chi connectivity index (χ0) is 23.8. The molecule has 0 spiro atoms. The van der Waals surface area contributed by atoms with Crippen LogP contribution in [0, 0.1) is 11.8 Å². The van der Waals surface area contributed by atoms with Gasteiger partial charge in [-0.3, -0.25) is 4.79 Å². The van der Waals surface area contributed by atoms with E-state index in [0.717, 1.165) is 66.5 Å². The van der Waals surface area contributed by atoms with Crippen molar-refractivity contribution >= 4 is 5.91 Å². The largest absolute Gasteiger partial charge is 0.497 e. The summed E-state index contributed by atoms with van der Waals surface area (Å²) in [5, 5.41) is 11.9. The van der Waals surface area contributed by atoms with Crippen LogP contribution in [-0.2, 0) is 17.9 Å². The Kier molecular flexibility index (Phi) is 5.77. The third-order valence-electron chi connectivity index (χ3n) is 7.62. The van der Waals surface area contributed by atoms with Crippen LogP contribution in [0.5, 0.6) is 17.2 Å². The van der Waals surface area contributed by atoms with Crippen molar-refractivity contribution in [3.8, 4) is 28.5 Å². The molecule has 9 nitrogen and oxygen atoms in total. The van der Waals surface area contributed by atoms with Gasteiger partial charge in [-0.1, -0.05) is 11.3 Å². The molecule has 3 aromatic rings. The number of carbonyl (C=O) groups excluding carboxylic acids is 1. The molecule has 182 valence electrons. The molecule has 1 aromatic heterocycles. The predicted molar refractivity (Wildman–Crippen MR) is 127 cm³/mol. The highest BCUT2D eigenvalue weighted by atomic mass is 16.7. The van der Waals surface area contributed by atoms with E-state index in [-0.39, 0.29) is 18.6 Å². The van der Waals surface area contributed by atoms with Gasteiger partial charge in [0.05, 0.1) is 38.9 Å². The lowest BCUT2D eigenvalue weighted by molar-refractivity contribution is -0.945. The zero-order valence-electron chi connectivity index (χ0n) is 19.8. The summed E-state index contributed by atoms with van der Waals surface area (Å²) >= 11 is 0. The molecule has 4 aliphatic rings. The van der Waals surface area contributed by atoms with Crippen molar-refractivity contribution in [3.63, 3.8) is 0 Å². The van der Waals surface area contributed by atoms with Crippen LogP contribution in [0.3, 0.4) is 0 Å². The highest BCUT2D eigenvalue weighted by molar-refractivity contribution is 5.79. The highest BCUT2D eigenvalue weighted by Gasteiger charge is 2.46. The third kappa shape index (κ3) is 4.43. The number of hydrogen-bond acceptors (Lipinski definition) is 6. The number of nitrogens with one attached hydrogen (secondary N) is 2. The topological polar surface area (TPSA) is 91.9 Å². The van der Waals surface area contributed by atoms with Gasteiger partial charge in [-0.05, 0) is 47.9 Å². The minimum atomic E-state index is 0.0645. The lowest BCUT2D eigenvalue weighted by Crippen LogP contribution is -3.20. The first-order valence-electron chi connectivity index (χ1n) is 12.2. The maximum Gasteiger partial charge on any atom is 0.231 e. The van der Waals surface area contributed by atoms with Gasteiger partial charge in [-0.25, -0.2) is 4.68 Å². The molecule has 4 atom stereocenters. The molecule has 7 rings (SSSR count). The van der Waals surface area contributed by atoms with Crippen LogP contribution in [0.25, 0.3) is 11.3 Å². The molecule has 3 saturated heterocycles. The lowest BCUT2D eigenvalue weighted by atomic mass is 9.75. The summed E-state index contributed by atoms with van der Waals surface area (Å²) in [5.74, 6) is 2.97. The Morgan fingerprint density at radius 3 is 2.86 bits per heavy atom. The van der Waals surface area contributed by atoms with E-state index >= 15 is 0 Å². The minimum Gasteiger partial charge on any atom is -0.497 e. The maximum absolute atomic E-state index is 13.0. The Hall–Kier alpha value is -3.59. The van der Waals surface area contributed by atoms with Crippen LogP contribution in [0.4, 0.5) is 0 Å². The number of piperidine rings is 3. The van der Waals surface area contributed by atoms with E-state index in [1.54, 1.807) is 7.11 Å². The average Bonchev–Trinajstić information content (AvgIpc) is 3.57. The minimum absolute atomic E-state index is 0.0645. The molecule has 4 aliphatic heterocycles. The molecule has 0 aliphatic carbocycles. The number of quaternary nitrogens is 1. The number of fused-ring (bicyclic) bond motifs is 4. The van der Waals surface area contributed by atoms with Gasteiger partial charge in [-0.15, -0.1) is 5.10 Å². The average molecular weight is 477 g/mol. The van der Waals surface area contributed by atoms with E-state index in [2.05, 4.69) is 15.6 Å². The Labute approximate surface area is 204 Å². The summed E-state index contributed by atoms with van der Waals surface area (Å²) in [4.78, 5) is 14.5. The molecule has 2 aromatic carbocycles. The van der Waals surface area contributed by atoms with Gasteiger partial charge in [0.1, 0.15) is 17.5 Å². The number of methoxy groups -OCH3 is 1. The fourth-order valence-electron chi connectivity index (χ4n) is 5.70. The summed E-state index contributed by atoms with van der Waals surface area (Å²) in [6, 6.07) is 14.1. The molecule has 2 bridgehead atoms. The molecule has 35 heavy (non-hydrogen) atoms. The number of hydrogen-bond donors (Lipinski definition) is 2. The van der Waals surface area contributed by atoms with E-state index in [4.69, 9.17) is 14.2 Å². The van der Waals surface area contributed by atoms with Gasteiger partial charge in [0.2, 0.25) is 12.7 Å². The Balaban J connectivity index is 1.05. The van der Waals surface area contributed by atoms with Crippen LogP contribution < -0.4 is 24.4 Å². The van der Waals surface area contributed by atoms with Crippen LogP contribution >= 0.6 is 0 Å². The fourth-order valence-corrected chi connectivity index (χ4v) is 5.70. The maximum atomic E-state index is 13.0. The Morgan fingerprint density at radius 2 is 2.06 bits per heavy atom. The van der Waals surface area contributed by atoms with Crippen LogP contribution in [0.15, 0.2) is 48.7 Å². The molecule has 1 amide bonds. The van der Waals surface area contributed by atoms with E-state index in [1.165, 1.54) is 4.90 Å². The number of nitrogens with zero attached hydrogens (tertiary/aromatic N) is 3. The summed E-state index contributed by atoms with van der Waals surface area (Å²) in [5.41, 5.74) is 2.90. The molecule has 0 saturated carbocycles. The highest BCUT2D eigenvalue weighted by Crippen LogP contribution is 2.33. The van der Waals surface area contributed by atoms with Crippen molar-refractivity contribution in [3.05, 3.63) is 54.2 Å². The first kappa shape index (κ1) is 21.9. The SMILES string of the molecule is COc1ccc(-c2cn(C[C@H]3C[C@@H]4CC[NH+]3C[C@@H]4C(=O)NCc3ccc4c(c3)OCO4)nn2)cc1. The molecular weight excluding hydrogens is 446 g/mol. The van der Waals surface area contributed by atoms with Crippen LogP contribution in [-0.4, -0.2) is 53.9 Å². The number of benzene rings is 2. The molecule has 5 heterocycles. The molecular formula is C26H30N5O4+. The van der Waals surface area contributed by atoms with Crippen molar-refractivity contribution in [2.24, 2.45) is 11.8 Å². The normalized spacial score (nSPS) is 24.4. The number of rotatable bonds is 7. The fraction of sp³-hybridized carbons (Fsp3) is 0.423. The van der Waals surface area contributed by atoms with Gasteiger partial charge in [0.15, 0.2) is 11.5 Å². The Morgan fingerprint density at radius 1 is 1.20 bits per heavy atom. The van der Waals surface area contributed by atoms with Gasteiger partial charge >= 0.3 is 0 Å². The summed E-state index contributed by atoms with van der Waals surface area (Å²) in [6.07, 6.45) is 4.15. The quantitative estimate of drug-likeness (QED) is 0.534. The lowest BCUT2D eigenvalue weighted by Gasteiger charge is -2.46. The second-order valence-electron chi connectivity index (χ2n) is 9.66. The predicted octanol–water partition coefficient (Wildman–Crippen LogP) is 1.29. The second kappa shape index (κ2) is 9.22. The van der Waals surface area contributed by atoms with E-state index < -0.39 is 0 Å². The van der Waals surface area contributed by atoms with Gasteiger partial charge < -0.3 is 24.4 Å². The van der Waals surface area contributed by atoms with Crippen molar-refractivity contribution in [1.82, 2.24) is 20.3 Å². The third-order valence-corrected chi connectivity index (χ3v) is 7.62. The van der Waals surface area contributed by atoms with Crippen molar-refractivity contribution in [1.29, 1.82) is 0 Å². The first-order chi connectivity index (χ1) is 17.2. The molecule has 0 radical (unpaired) electrons. The van der Waals surface area contributed by atoms with E-state index in [1.807, 2.05) is 53.3 Å². The Bertz CT molecular complexity index is 1210. The summed E-state index contributed by atoms with van der Waals surface area (Å²) in [7, 11) is 1.66. The summed E-state index contributed by atoms with van der Waals surface area (Å²) in [6.45, 7) is 3.57. The van der Waals surface area contributed by atoms with Crippen molar-refractivity contribution in [2.75, 3.05) is 27.0 Å². The second-order valence-corrected chi connectivity index (χ2v) is 9.66. The smallest absolute Gasteiger partial charge is 0.231 e. The molecule has 3 fully saturated rings. The van der Waals surface area contributed by atoms with Crippen molar-refractivity contribution < 1.29 is 23.9 Å². The molecule has 9 heteroatoms. The number of carbonyl (C=O) groups is 1. The van der Waals surface area contributed by atoms with Gasteiger partial charge in [0, 0.05) is 24.9 Å². The number of ether oxygens (including phenoxy) is 3. The van der Waals surface area contributed by atoms with Crippen LogP contribution in [0.2, 0.25) is 0 Å². The standard InChI is InChI=1S/C26H29N5O4/c1-33-21-5-3-18(4-6-21)23-15-31(29-28-23)13-20-11-19-8-9-30(20)14-22(19)26(32)27-12-17-2-7-24-25(10-17)35-16-34-24/h2-7,10,15,19-20,22H,8-9,11-14,16H2,1H3,(H,27,32)/p+1/t19-,20+,22-/m0/s1. The first-order valence-corrected chi connectivity index (χ1v) is 12.2. The van der Waals surface area contributed by atoms with Gasteiger partial charge in [-0.2, -0.15) is 0 Å². The monoisotopic (exact) mass is 476 g/mol. The molecule has 2 N–H and O–H groups in total. The van der Waals surface area contributed by atoms with Gasteiger partial charge in [0.25, 0.3) is 0 Å². The number of amides is 1. The molecule has 1 unspecified atom stereocenters. The number of aromatic nitrogens is 3. The van der Waals surface area contributed by atoms with Crippen LogP contribution in [0.1, 0.15) is 18.4 Å². The zero-order valence-corrected chi connectivity index (χ0v) is 19.8. The van der Waals surface area contributed by atoms with E-state index in [9.17, 15) is 4.79 Å². The summed E-state index contributed by atoms with van der Waals surface area (Å²) < 4.78 is 18.0. The van der Waals surface area contributed by atoms with E-state index in [0.29, 0.717) is 18.5 Å². The van der Waals surface area contributed by atoms with Crippen molar-refractivity contribution in [2.45, 2.75) is 32.0 Å².